The number of hydrogen-bond donors (Lipinski definition) is 0. The second kappa shape index (κ2) is 7.25. The van der Waals surface area contributed by atoms with Gasteiger partial charge in [0.15, 0.2) is 0 Å². The summed E-state index contributed by atoms with van der Waals surface area (Å²) in [5.41, 5.74) is 0.0919. The van der Waals surface area contributed by atoms with Gasteiger partial charge in [0.25, 0.3) is 0 Å². The number of unbranched alkanes of at least 4 members (excludes halogenated alkanes) is 1. The molecule has 0 saturated carbocycles. The van der Waals surface area contributed by atoms with Crippen LogP contribution in [0, 0.1) is 5.82 Å². The molecule has 1 aromatic carbocycles. The molecule has 0 N–H and O–H groups in total. The number of carbonyl (C=O) groups is 1. The van der Waals surface area contributed by atoms with Crippen LogP contribution in [0.3, 0.4) is 0 Å². The van der Waals surface area contributed by atoms with E-state index in [2.05, 4.69) is 0 Å². The van der Waals surface area contributed by atoms with Crippen LogP contribution in [0.25, 0.3) is 0 Å². The second-order valence-electron chi connectivity index (χ2n) is 7.29. The number of hydrogen-bond acceptors (Lipinski definition) is 4. The number of rotatable bonds is 5. The maximum Gasteiger partial charge on any atom is 0.241 e. The lowest BCUT2D eigenvalue weighted by atomic mass is 9.92. The van der Waals surface area contributed by atoms with Gasteiger partial charge in [-0.3, -0.25) is 9.69 Å². The Morgan fingerprint density at radius 2 is 2.04 bits per heavy atom. The molecule has 1 aromatic rings. The van der Waals surface area contributed by atoms with Crippen molar-refractivity contribution < 1.29 is 17.6 Å². The van der Waals surface area contributed by atoms with E-state index < -0.39 is 21.4 Å². The van der Waals surface area contributed by atoms with Crippen LogP contribution in [0.1, 0.15) is 26.2 Å². The van der Waals surface area contributed by atoms with E-state index in [4.69, 9.17) is 0 Å². The fourth-order valence-corrected chi connectivity index (χ4v) is 5.51. The highest BCUT2D eigenvalue weighted by Crippen LogP contribution is 2.34. The van der Waals surface area contributed by atoms with Crippen LogP contribution < -0.4 is 4.90 Å². The molecule has 2 saturated heterocycles. The molecule has 144 valence electrons. The van der Waals surface area contributed by atoms with E-state index in [1.165, 1.54) is 12.1 Å². The Bertz CT molecular complexity index is 786. The third-order valence-corrected chi connectivity index (χ3v) is 7.41. The molecule has 1 amide bonds. The van der Waals surface area contributed by atoms with Crippen LogP contribution in [0.15, 0.2) is 24.3 Å². The van der Waals surface area contributed by atoms with Gasteiger partial charge in [0.05, 0.1) is 17.8 Å². The van der Waals surface area contributed by atoms with Crippen LogP contribution >= 0.6 is 0 Å². The van der Waals surface area contributed by atoms with Crippen LogP contribution in [0.5, 0.6) is 0 Å². The van der Waals surface area contributed by atoms with Crippen LogP contribution in [-0.2, 0) is 14.8 Å². The molecular weight excluding hydrogens is 357 g/mol. The number of amides is 1. The van der Waals surface area contributed by atoms with Crippen molar-refractivity contribution in [3.05, 3.63) is 30.1 Å². The van der Waals surface area contributed by atoms with Crippen molar-refractivity contribution in [3.8, 4) is 0 Å². The molecule has 26 heavy (non-hydrogen) atoms. The molecule has 0 aliphatic carbocycles. The van der Waals surface area contributed by atoms with Gasteiger partial charge in [-0.15, -0.1) is 0 Å². The van der Waals surface area contributed by atoms with E-state index in [9.17, 15) is 17.6 Å². The molecular formula is C18H26FN3O3S. The quantitative estimate of drug-likeness (QED) is 0.776. The Hall–Kier alpha value is -1.51. The summed E-state index contributed by atoms with van der Waals surface area (Å²) >= 11 is 0. The normalized spacial score (nSPS) is 25.3. The number of carbonyl (C=O) groups excluding carboxylic acids is 1. The molecule has 2 aliphatic heterocycles. The van der Waals surface area contributed by atoms with Crippen molar-refractivity contribution >= 4 is 21.6 Å². The Morgan fingerprint density at radius 3 is 2.73 bits per heavy atom. The number of piperazine rings is 1. The minimum absolute atomic E-state index is 0.101. The maximum absolute atomic E-state index is 13.6. The largest absolute Gasteiger partial charge is 0.309 e. The summed E-state index contributed by atoms with van der Waals surface area (Å²) in [6, 6.07) is 5.99. The first kappa shape index (κ1) is 19.3. The van der Waals surface area contributed by atoms with E-state index in [0.29, 0.717) is 38.2 Å². The van der Waals surface area contributed by atoms with Gasteiger partial charge >= 0.3 is 0 Å². The standard InChI is InChI=1S/C18H26FN3O3S/c1-3-4-10-26(24,25)21-9-8-18(13-21)14-22(17(23)12-20(18)2)16-7-5-6-15(19)11-16/h5-7,11H,3-4,8-10,12-14H2,1-2H3. The van der Waals surface area contributed by atoms with Gasteiger partial charge < -0.3 is 4.90 Å². The van der Waals surface area contributed by atoms with Crippen molar-refractivity contribution in [1.82, 2.24) is 9.21 Å². The van der Waals surface area contributed by atoms with E-state index in [-0.39, 0.29) is 18.2 Å². The van der Waals surface area contributed by atoms with Gasteiger partial charge in [0, 0.05) is 25.3 Å². The minimum atomic E-state index is -3.28. The molecule has 0 bridgehead atoms. The number of benzene rings is 1. The summed E-state index contributed by atoms with van der Waals surface area (Å²) in [4.78, 5) is 16.1. The monoisotopic (exact) mass is 383 g/mol. The van der Waals surface area contributed by atoms with E-state index in [1.54, 1.807) is 21.3 Å². The smallest absolute Gasteiger partial charge is 0.241 e. The van der Waals surface area contributed by atoms with E-state index in [0.717, 1.165) is 6.42 Å². The summed E-state index contributed by atoms with van der Waals surface area (Å²) < 4.78 is 40.3. The number of sulfonamides is 1. The van der Waals surface area contributed by atoms with Gasteiger partial charge in [-0.1, -0.05) is 19.4 Å². The molecule has 1 atom stereocenters. The van der Waals surface area contributed by atoms with Crippen LogP contribution in [-0.4, -0.2) is 68.0 Å². The highest BCUT2D eigenvalue weighted by atomic mass is 32.2. The Kier molecular flexibility index (Phi) is 5.37. The lowest BCUT2D eigenvalue weighted by Gasteiger charge is -2.46. The summed E-state index contributed by atoms with van der Waals surface area (Å²) in [6.45, 7) is 3.36. The lowest BCUT2D eigenvalue weighted by molar-refractivity contribution is -0.123. The first-order chi connectivity index (χ1) is 12.3. The predicted octanol–water partition coefficient (Wildman–Crippen LogP) is 1.68. The van der Waals surface area contributed by atoms with Crippen molar-refractivity contribution in [2.24, 2.45) is 0 Å². The predicted molar refractivity (Wildman–Crippen MR) is 99.0 cm³/mol. The summed E-state index contributed by atoms with van der Waals surface area (Å²) in [5.74, 6) is -0.329. The highest BCUT2D eigenvalue weighted by molar-refractivity contribution is 7.89. The Balaban J connectivity index is 1.82. The number of likely N-dealkylation sites (N-methyl/N-ethyl adjacent to an activating group) is 1. The fraction of sp³-hybridized carbons (Fsp3) is 0.611. The average molecular weight is 383 g/mol. The van der Waals surface area contributed by atoms with Crippen LogP contribution in [0.2, 0.25) is 0 Å². The Morgan fingerprint density at radius 1 is 1.27 bits per heavy atom. The molecule has 2 fully saturated rings. The third-order valence-electron chi connectivity index (χ3n) is 5.50. The number of halogens is 1. The molecule has 1 spiro atoms. The molecule has 2 aliphatic rings. The first-order valence-corrected chi connectivity index (χ1v) is 10.6. The zero-order valence-corrected chi connectivity index (χ0v) is 16.1. The summed E-state index contributed by atoms with van der Waals surface area (Å²) in [5, 5.41) is 0. The first-order valence-electron chi connectivity index (χ1n) is 9.02. The van der Waals surface area contributed by atoms with Crippen molar-refractivity contribution in [3.63, 3.8) is 0 Å². The average Bonchev–Trinajstić information content (AvgIpc) is 3.03. The van der Waals surface area contributed by atoms with Gasteiger partial charge in [0.1, 0.15) is 5.82 Å². The van der Waals surface area contributed by atoms with Gasteiger partial charge in [-0.2, -0.15) is 4.31 Å². The molecule has 8 heteroatoms. The second-order valence-corrected chi connectivity index (χ2v) is 9.38. The summed E-state index contributed by atoms with van der Waals surface area (Å²) in [6.07, 6.45) is 2.14. The van der Waals surface area contributed by atoms with Crippen LogP contribution in [0.4, 0.5) is 10.1 Å². The molecule has 1 unspecified atom stereocenters. The fourth-order valence-electron chi connectivity index (χ4n) is 3.79. The highest BCUT2D eigenvalue weighted by Gasteiger charge is 2.49. The third kappa shape index (κ3) is 3.63. The van der Waals surface area contributed by atoms with E-state index >= 15 is 0 Å². The van der Waals surface area contributed by atoms with Crippen molar-refractivity contribution in [1.29, 1.82) is 0 Å². The minimum Gasteiger partial charge on any atom is -0.309 e. The SMILES string of the molecule is CCCCS(=O)(=O)N1CCC2(CN(c3cccc(F)c3)C(=O)CN2C)C1. The van der Waals surface area contributed by atoms with Gasteiger partial charge in [-0.25, -0.2) is 12.8 Å². The Labute approximate surface area is 154 Å². The topological polar surface area (TPSA) is 60.9 Å². The van der Waals surface area contributed by atoms with Gasteiger partial charge in [-0.05, 0) is 38.1 Å². The lowest BCUT2D eigenvalue weighted by Crippen LogP contribution is -2.64. The van der Waals surface area contributed by atoms with Crippen molar-refractivity contribution in [2.75, 3.05) is 43.9 Å². The van der Waals surface area contributed by atoms with E-state index in [1.807, 2.05) is 18.9 Å². The number of anilines is 1. The zero-order valence-electron chi connectivity index (χ0n) is 15.3. The molecule has 6 nitrogen and oxygen atoms in total. The zero-order chi connectivity index (χ0) is 18.9. The molecule has 2 heterocycles. The van der Waals surface area contributed by atoms with Gasteiger partial charge in [0.2, 0.25) is 15.9 Å². The maximum atomic E-state index is 13.6. The van der Waals surface area contributed by atoms with Crippen molar-refractivity contribution in [2.45, 2.75) is 31.7 Å². The molecule has 0 aromatic heterocycles. The number of nitrogens with zero attached hydrogens (tertiary/aromatic N) is 3. The molecule has 3 rings (SSSR count). The summed E-state index contributed by atoms with van der Waals surface area (Å²) in [7, 11) is -1.42. The molecule has 0 radical (unpaired) electrons.